The maximum Gasteiger partial charge on any atom is 0.335 e. The Morgan fingerprint density at radius 3 is 2.47 bits per heavy atom. The van der Waals surface area contributed by atoms with E-state index in [0.29, 0.717) is 38.4 Å². The van der Waals surface area contributed by atoms with Crippen molar-refractivity contribution in [2.75, 3.05) is 14.2 Å². The van der Waals surface area contributed by atoms with Gasteiger partial charge in [-0.2, -0.15) is 0 Å². The summed E-state index contributed by atoms with van der Waals surface area (Å²) in [7, 11) is 3.06. The van der Waals surface area contributed by atoms with Gasteiger partial charge in [-0.05, 0) is 77.5 Å². The van der Waals surface area contributed by atoms with Gasteiger partial charge in [0.2, 0.25) is 0 Å². The summed E-state index contributed by atoms with van der Waals surface area (Å²) in [5.41, 5.74) is 1.95. The standard InChI is InChI=1S/C26H20ClN3O7S/c1-29-24(31)22(38-26(29)28-18-7-5-17(6-8-18)25(32)33)13-16-11-20(27)23(21(12-16)36-2)37-14-15-3-9-19(10-4-15)30(34)35/h3-13H,14H2,1-2H3,(H,32,33)/b22-13-,28-26?. The number of aromatic carboxylic acids is 1. The maximum absolute atomic E-state index is 12.8. The molecule has 10 nitrogen and oxygen atoms in total. The quantitative estimate of drug-likeness (QED) is 0.211. The van der Waals surface area contributed by atoms with Crippen molar-refractivity contribution in [2.45, 2.75) is 6.61 Å². The Labute approximate surface area is 226 Å². The van der Waals surface area contributed by atoms with E-state index in [1.165, 1.54) is 48.0 Å². The second-order valence-electron chi connectivity index (χ2n) is 7.97. The molecule has 1 heterocycles. The van der Waals surface area contributed by atoms with Crippen molar-refractivity contribution < 1.29 is 29.1 Å². The number of nitrogens with zero attached hydrogens (tertiary/aromatic N) is 3. The summed E-state index contributed by atoms with van der Waals surface area (Å²) in [4.78, 5) is 40.5. The lowest BCUT2D eigenvalue weighted by Gasteiger charge is -2.13. The lowest BCUT2D eigenvalue weighted by atomic mass is 10.1. The Hall–Kier alpha value is -4.35. The highest BCUT2D eigenvalue weighted by Gasteiger charge is 2.30. The number of hydrogen-bond donors (Lipinski definition) is 1. The van der Waals surface area contributed by atoms with E-state index in [2.05, 4.69) is 4.99 Å². The maximum atomic E-state index is 12.8. The molecule has 0 bridgehead atoms. The first kappa shape index (κ1) is 26.7. The number of nitro benzene ring substituents is 1. The van der Waals surface area contributed by atoms with Crippen molar-refractivity contribution in [2.24, 2.45) is 4.99 Å². The Balaban J connectivity index is 1.53. The molecule has 1 amide bonds. The number of ether oxygens (including phenoxy) is 2. The molecular formula is C26H20ClN3O7S. The van der Waals surface area contributed by atoms with Gasteiger partial charge in [0.25, 0.3) is 11.6 Å². The van der Waals surface area contributed by atoms with Crippen LogP contribution in [0.3, 0.4) is 0 Å². The predicted molar refractivity (Wildman–Crippen MR) is 144 cm³/mol. The SMILES string of the molecule is COc1cc(/C=C2\SC(=Nc3ccc(C(=O)O)cc3)N(C)C2=O)cc(Cl)c1OCc1ccc([N+](=O)[O-])cc1. The molecule has 4 rings (SSSR count). The molecule has 0 unspecified atom stereocenters. The summed E-state index contributed by atoms with van der Waals surface area (Å²) in [5, 5.41) is 20.6. The van der Waals surface area contributed by atoms with Crippen LogP contribution in [0.5, 0.6) is 11.5 Å². The Morgan fingerprint density at radius 2 is 1.87 bits per heavy atom. The highest BCUT2D eigenvalue weighted by Crippen LogP contribution is 2.39. The van der Waals surface area contributed by atoms with Crippen LogP contribution >= 0.6 is 23.4 Å². The Morgan fingerprint density at radius 1 is 1.18 bits per heavy atom. The number of amides is 1. The number of amidine groups is 1. The van der Waals surface area contributed by atoms with Crippen LogP contribution in [0.2, 0.25) is 5.02 Å². The zero-order valence-corrected chi connectivity index (χ0v) is 21.7. The van der Waals surface area contributed by atoms with Crippen LogP contribution in [0.1, 0.15) is 21.5 Å². The van der Waals surface area contributed by atoms with Crippen molar-refractivity contribution >= 4 is 57.9 Å². The Kier molecular flexibility index (Phi) is 7.99. The zero-order chi connectivity index (χ0) is 27.4. The lowest BCUT2D eigenvalue weighted by molar-refractivity contribution is -0.384. The summed E-state index contributed by atoms with van der Waals surface area (Å²) in [6.07, 6.45) is 1.66. The molecule has 0 saturated carbocycles. The summed E-state index contributed by atoms with van der Waals surface area (Å²) in [5.74, 6) is -0.648. The molecule has 1 saturated heterocycles. The minimum atomic E-state index is -1.03. The minimum absolute atomic E-state index is 0.0176. The summed E-state index contributed by atoms with van der Waals surface area (Å²) in [6.45, 7) is 0.112. The summed E-state index contributed by atoms with van der Waals surface area (Å²) >= 11 is 7.65. The van der Waals surface area contributed by atoms with Gasteiger partial charge in [-0.1, -0.05) is 11.6 Å². The molecular weight excluding hydrogens is 534 g/mol. The topological polar surface area (TPSA) is 132 Å². The number of halogens is 1. The van der Waals surface area contributed by atoms with Crippen molar-refractivity contribution in [1.82, 2.24) is 4.90 Å². The number of carboxylic acid groups (broad SMARTS) is 1. The second-order valence-corrected chi connectivity index (χ2v) is 9.38. The highest BCUT2D eigenvalue weighted by molar-refractivity contribution is 8.18. The van der Waals surface area contributed by atoms with Crippen molar-refractivity contribution in [3.05, 3.63) is 97.4 Å². The Bertz CT molecular complexity index is 1470. The number of thioether (sulfide) groups is 1. The number of non-ortho nitro benzene ring substituents is 1. The number of hydrogen-bond acceptors (Lipinski definition) is 8. The van der Waals surface area contributed by atoms with E-state index in [4.69, 9.17) is 26.2 Å². The monoisotopic (exact) mass is 553 g/mol. The molecule has 12 heteroatoms. The van der Waals surface area contributed by atoms with Crippen LogP contribution in [0.25, 0.3) is 6.08 Å². The van der Waals surface area contributed by atoms with Crippen LogP contribution in [0.15, 0.2) is 70.6 Å². The number of likely N-dealkylation sites (N-methyl/N-ethyl adjacent to an activating group) is 1. The molecule has 194 valence electrons. The largest absolute Gasteiger partial charge is 0.493 e. The van der Waals surface area contributed by atoms with E-state index in [-0.39, 0.29) is 28.8 Å². The molecule has 3 aromatic carbocycles. The highest BCUT2D eigenvalue weighted by atomic mass is 35.5. The smallest absolute Gasteiger partial charge is 0.335 e. The number of rotatable bonds is 8. The molecule has 0 aromatic heterocycles. The van der Waals surface area contributed by atoms with Gasteiger partial charge in [0.15, 0.2) is 16.7 Å². The van der Waals surface area contributed by atoms with Crippen molar-refractivity contribution in [3.63, 3.8) is 0 Å². The van der Waals surface area contributed by atoms with Gasteiger partial charge in [-0.25, -0.2) is 9.79 Å². The second kappa shape index (κ2) is 11.4. The average molecular weight is 554 g/mol. The number of nitro groups is 1. The molecule has 0 atom stereocenters. The summed E-state index contributed by atoms with van der Waals surface area (Å²) < 4.78 is 11.3. The molecule has 0 aliphatic carbocycles. The molecule has 1 aliphatic rings. The molecule has 0 radical (unpaired) electrons. The van der Waals surface area contributed by atoms with Crippen LogP contribution in [0, 0.1) is 10.1 Å². The number of carboxylic acids is 1. The fraction of sp³-hybridized carbons (Fsp3) is 0.115. The van der Waals surface area contributed by atoms with E-state index < -0.39 is 10.9 Å². The molecule has 1 fully saturated rings. The van der Waals surface area contributed by atoms with E-state index in [1.54, 1.807) is 49.5 Å². The molecule has 3 aromatic rings. The van der Waals surface area contributed by atoms with Crippen LogP contribution in [-0.4, -0.2) is 46.1 Å². The van der Waals surface area contributed by atoms with Crippen molar-refractivity contribution in [3.8, 4) is 11.5 Å². The third-order valence-corrected chi connectivity index (χ3v) is 6.76. The third kappa shape index (κ3) is 5.96. The van der Waals surface area contributed by atoms with Gasteiger partial charge in [-0.15, -0.1) is 0 Å². The minimum Gasteiger partial charge on any atom is -0.493 e. The number of benzene rings is 3. The fourth-order valence-corrected chi connectivity index (χ4v) is 4.69. The first-order chi connectivity index (χ1) is 18.2. The van der Waals surface area contributed by atoms with E-state index >= 15 is 0 Å². The van der Waals surface area contributed by atoms with Crippen LogP contribution < -0.4 is 9.47 Å². The molecule has 1 aliphatic heterocycles. The van der Waals surface area contributed by atoms with Gasteiger partial charge in [0.05, 0.1) is 33.2 Å². The van der Waals surface area contributed by atoms with Gasteiger partial charge in [0, 0.05) is 19.2 Å². The normalized spacial score (nSPS) is 15.2. The van der Waals surface area contributed by atoms with Crippen LogP contribution in [0.4, 0.5) is 11.4 Å². The number of aliphatic imine (C=N–C) groups is 1. The molecule has 0 spiro atoms. The number of methoxy groups -OCH3 is 1. The van der Waals surface area contributed by atoms with Gasteiger partial charge in [0.1, 0.15) is 6.61 Å². The molecule has 1 N–H and O–H groups in total. The van der Waals surface area contributed by atoms with Crippen LogP contribution in [-0.2, 0) is 11.4 Å². The lowest BCUT2D eigenvalue weighted by Crippen LogP contribution is -2.23. The number of carbonyl (C=O) groups is 2. The summed E-state index contributed by atoms with van der Waals surface area (Å²) in [6, 6.07) is 15.3. The van der Waals surface area contributed by atoms with E-state index in [9.17, 15) is 19.7 Å². The van der Waals surface area contributed by atoms with E-state index in [1.807, 2.05) is 0 Å². The first-order valence-electron chi connectivity index (χ1n) is 11.0. The average Bonchev–Trinajstić information content (AvgIpc) is 3.15. The molecule has 38 heavy (non-hydrogen) atoms. The van der Waals surface area contributed by atoms with Gasteiger partial charge < -0.3 is 14.6 Å². The van der Waals surface area contributed by atoms with Gasteiger partial charge in [-0.3, -0.25) is 19.8 Å². The zero-order valence-electron chi connectivity index (χ0n) is 20.1. The first-order valence-corrected chi connectivity index (χ1v) is 12.2. The van der Waals surface area contributed by atoms with E-state index in [0.717, 1.165) is 0 Å². The predicted octanol–water partition coefficient (Wildman–Crippen LogP) is 5.77. The van der Waals surface area contributed by atoms with Gasteiger partial charge >= 0.3 is 5.97 Å². The fourth-order valence-electron chi connectivity index (χ4n) is 3.42. The number of carbonyl (C=O) groups excluding carboxylic acids is 1. The third-order valence-electron chi connectivity index (χ3n) is 5.42. The van der Waals surface area contributed by atoms with Crippen molar-refractivity contribution in [1.29, 1.82) is 0 Å².